The smallest absolute Gasteiger partial charge is 1.00 e. The van der Waals surface area contributed by atoms with Crippen molar-refractivity contribution in [2.75, 3.05) is 87.1 Å². The Morgan fingerprint density at radius 3 is 1.63 bits per heavy atom. The van der Waals surface area contributed by atoms with Crippen molar-refractivity contribution in [3.05, 3.63) is 140 Å². The molecule has 0 unspecified atom stereocenters. The molecule has 71 heavy (non-hydrogen) atoms. The number of nitrogens with zero attached hydrogens (tertiary/aromatic N) is 3. The SMILES string of the molecule is C.Cl.O=CO[O-].[2H]c1c(OC([2H])([2H])C([2H])([2H])C([2H])([2H])C([2H])([2H])Br)c([2H])c2[nH]c(=O)c([2H])c([2H])c2c1[2H].[2H]c1c(OC([2H])([2H])C([2H])([2H])C([2H])([2H])C([2H])([2H])N2CCN(c3cccc4sccc34)CC2)c([2H])c2[nH]c(=O)c([2H])c([2H])c2c1[2H].[H-].[K+].[K+].c1cc(N2CCNCC2)c2ccsc2c1. The molecule has 10 rings (SSSR count). The maximum Gasteiger partial charge on any atom is 1.00 e. The number of carbonyl (C=O) groups is 1. The molecule has 19 heteroatoms. The normalized spacial score (nSPS) is 20.0. The molecule has 0 bridgehead atoms. The number of H-pyrrole nitrogens is 2. The number of nitrogens with one attached hydrogen (secondary N) is 3. The van der Waals surface area contributed by atoms with E-state index in [0.717, 1.165) is 46.9 Å². The zero-order valence-electron chi connectivity index (χ0n) is 64.3. The summed E-state index contributed by atoms with van der Waals surface area (Å²) in [7, 11) is 0. The van der Waals surface area contributed by atoms with Gasteiger partial charge in [0.15, 0.2) is 0 Å². The number of thiophene rings is 2. The van der Waals surface area contributed by atoms with E-state index < -0.39 is 155 Å². The van der Waals surface area contributed by atoms with Crippen LogP contribution in [0.3, 0.4) is 0 Å². The summed E-state index contributed by atoms with van der Waals surface area (Å²) in [6.07, 6.45) is -14.5. The maximum absolute atomic E-state index is 12.1. The first-order valence-corrected chi connectivity index (χ1v) is 22.5. The van der Waals surface area contributed by atoms with Gasteiger partial charge in [0, 0.05) is 130 Å². The Morgan fingerprint density at radius 1 is 0.690 bits per heavy atom. The topological polar surface area (TPSA) is 155 Å². The van der Waals surface area contributed by atoms with Crippen molar-refractivity contribution in [3.63, 3.8) is 0 Å². The molecule has 6 heterocycles. The summed E-state index contributed by atoms with van der Waals surface area (Å²) in [6.45, 7) is -5.58. The van der Waals surface area contributed by atoms with E-state index in [1.807, 2.05) is 45.9 Å². The third kappa shape index (κ3) is 19.5. The number of hydrogen-bond donors (Lipinski definition) is 3. The molecule has 2 aliphatic heterocycles. The van der Waals surface area contributed by atoms with E-state index >= 15 is 0 Å². The molecule has 2 saturated heterocycles. The summed E-state index contributed by atoms with van der Waals surface area (Å²) in [6, 6.07) is 8.24. The van der Waals surface area contributed by atoms with Gasteiger partial charge in [-0.1, -0.05) is 35.5 Å². The maximum atomic E-state index is 12.1. The molecule has 13 nitrogen and oxygen atoms in total. The summed E-state index contributed by atoms with van der Waals surface area (Å²) in [5.74, 6) is -2.04. The minimum absolute atomic E-state index is 0. The molecule has 4 aromatic carbocycles. The van der Waals surface area contributed by atoms with Crippen LogP contribution in [0.4, 0.5) is 11.4 Å². The standard InChI is InChI=1S/C25H27N3O2S.C13H14BrNO2.C12H14N2S.CH2O3.CH4.ClH.2K.H/c29-25-9-7-19-6-8-20(18-22(19)26-25)30-16-2-1-11-27-12-14-28(15-13-27)23-4-3-5-24-21(23)10-17-31-24;14-7-1-2-8-17-11-5-3-10-4-6-13(16)15-12(10)9-11;1-2-11(14-7-5-13-6-8-14)10-4-9-15-12(10)3-1;2-1-4-3;;;;;/h3-10,17-18H,1-2,11-16H2,(H,26,29);3-6,9H,1-2,7-8H2,(H,15,16);1-4,9,13H,5-8H2;1,3H;1H4;1H;;;/q;;;;;;2*+1;-1/p-1/i1D2,2D2,6D,7D,8D,9D,11D2,16D2,18D;1D2,2D2,3D,4D,5D,6D,7D2,8D2,9D;;;;;;;. The molecular formula is C52H62BrClK2N6O7S2. The Morgan fingerprint density at radius 2 is 1.15 bits per heavy atom. The average Bonchev–Trinajstić information content (AvgIpc) is 0.860. The van der Waals surface area contributed by atoms with Crippen LogP contribution in [0.15, 0.2) is 129 Å². The predicted octanol–water partition coefficient (Wildman–Crippen LogP) is 3.73. The molecule has 4 aromatic heterocycles. The number of carbonyl (C=O) groups excluding carboxylic acids is 1. The second kappa shape index (κ2) is 34.4. The van der Waals surface area contributed by atoms with Crippen LogP contribution in [-0.4, -0.2) is 98.6 Å². The molecule has 2 fully saturated rings. The monoisotopic (exact) mass is 1160 g/mol. The van der Waals surface area contributed by atoms with E-state index in [9.17, 15) is 9.59 Å². The van der Waals surface area contributed by atoms with Gasteiger partial charge < -0.3 is 46.1 Å². The molecule has 2 aliphatic rings. The largest absolute Gasteiger partial charge is 1.00 e. The summed E-state index contributed by atoms with van der Waals surface area (Å²) in [5.41, 5.74) is -0.883. The van der Waals surface area contributed by atoms with Gasteiger partial charge in [0.05, 0.1) is 43.3 Å². The van der Waals surface area contributed by atoms with Gasteiger partial charge in [0.2, 0.25) is 11.1 Å². The van der Waals surface area contributed by atoms with Gasteiger partial charge >= 0.3 is 103 Å². The number of halogens is 2. The van der Waals surface area contributed by atoms with E-state index in [1.165, 1.54) is 15.8 Å². The first kappa shape index (κ1) is 33.8. The number of alkyl halides is 1. The van der Waals surface area contributed by atoms with Crippen molar-refractivity contribution in [1.29, 1.82) is 0 Å². The first-order chi connectivity index (χ1) is 43.0. The zero-order chi connectivity index (χ0) is 69.7. The number of piperazine rings is 2. The second-order valence-corrected chi connectivity index (χ2v) is 15.8. The summed E-state index contributed by atoms with van der Waals surface area (Å²) < 4.78 is 222. The molecule has 370 valence electrons. The Kier molecular flexibility index (Phi) is 16.4. The van der Waals surface area contributed by atoms with Crippen LogP contribution < -0.4 is 144 Å². The van der Waals surface area contributed by atoms with Crippen LogP contribution in [0, 0.1) is 0 Å². The van der Waals surface area contributed by atoms with Gasteiger partial charge in [0.1, 0.15) is 11.5 Å². The Hall–Kier alpha value is -2.19. The average molecular weight is 1170 g/mol. The molecule has 0 amide bonds. The van der Waals surface area contributed by atoms with Gasteiger partial charge in [-0.15, -0.1) is 35.1 Å². The Labute approximate surface area is 561 Å². The minimum Gasteiger partial charge on any atom is -1.00 e. The Balaban J connectivity index is 0.000000522. The molecule has 0 radical (unpaired) electrons. The number of aromatic nitrogens is 2. The van der Waals surface area contributed by atoms with Crippen molar-refractivity contribution in [3.8, 4) is 11.5 Å². The molecule has 0 saturated carbocycles. The fourth-order valence-electron chi connectivity index (χ4n) is 6.59. The van der Waals surface area contributed by atoms with Crippen LogP contribution in [0.25, 0.3) is 42.0 Å². The van der Waals surface area contributed by atoms with Crippen molar-refractivity contribution < 1.29 is 164 Å². The van der Waals surface area contributed by atoms with E-state index in [1.54, 1.807) is 11.3 Å². The molecule has 0 spiro atoms. The minimum atomic E-state index is -3.74. The van der Waals surface area contributed by atoms with Crippen LogP contribution in [0.2, 0.25) is 0 Å². The van der Waals surface area contributed by atoms with Crippen molar-refractivity contribution in [2.24, 2.45) is 0 Å². The fourth-order valence-corrected chi connectivity index (χ4v) is 8.30. The van der Waals surface area contributed by atoms with E-state index in [-0.39, 0.29) is 144 Å². The van der Waals surface area contributed by atoms with Gasteiger partial charge in [0.25, 0.3) is 6.47 Å². The van der Waals surface area contributed by atoms with Crippen molar-refractivity contribution in [2.45, 2.75) is 32.9 Å². The Bertz CT molecular complexity index is 4240. The van der Waals surface area contributed by atoms with Gasteiger partial charge in [-0.05, 0) is 126 Å². The van der Waals surface area contributed by atoms with Gasteiger partial charge in [-0.25, -0.2) is 0 Å². The molecule has 0 aliphatic carbocycles. The number of aromatic amines is 2. The number of fused-ring (bicyclic) bond motifs is 4. The van der Waals surface area contributed by atoms with E-state index in [0.29, 0.717) is 13.1 Å². The first-order valence-electron chi connectivity index (χ1n) is 32.9. The van der Waals surface area contributed by atoms with Crippen molar-refractivity contribution >= 4 is 111 Å². The molecular weight excluding hydrogens is 1080 g/mol. The number of pyridine rings is 2. The van der Waals surface area contributed by atoms with E-state index in [2.05, 4.69) is 70.6 Å². The van der Waals surface area contributed by atoms with E-state index in [4.69, 9.17) is 55.2 Å². The number of anilines is 2. The zero-order valence-corrected chi connectivity index (χ0v) is 47.6. The number of hydrogen-bond acceptors (Lipinski definition) is 13. The van der Waals surface area contributed by atoms with Gasteiger partial charge in [-0.2, -0.15) is 0 Å². The number of ether oxygens (including phenoxy) is 2. The summed E-state index contributed by atoms with van der Waals surface area (Å²) in [5, 5.41) is 14.5. The number of benzene rings is 4. The summed E-state index contributed by atoms with van der Waals surface area (Å²) in [4.78, 5) is 44.9. The van der Waals surface area contributed by atoms with Crippen LogP contribution >= 0.6 is 51.0 Å². The number of rotatable bonds is 14. The van der Waals surface area contributed by atoms with Crippen LogP contribution in [0.5, 0.6) is 11.5 Å². The molecule has 8 aromatic rings. The quantitative estimate of drug-likeness (QED) is 0.0480. The van der Waals surface area contributed by atoms with Crippen LogP contribution in [0.1, 0.15) is 70.0 Å². The predicted molar refractivity (Wildman–Crippen MR) is 292 cm³/mol. The van der Waals surface area contributed by atoms with Crippen molar-refractivity contribution in [1.82, 2.24) is 20.2 Å². The summed E-state index contributed by atoms with van der Waals surface area (Å²) >= 11 is 5.73. The van der Waals surface area contributed by atoms with Crippen LogP contribution in [-0.2, 0) is 9.68 Å². The van der Waals surface area contributed by atoms with Gasteiger partial charge in [-0.3, -0.25) is 19.3 Å². The second-order valence-electron chi connectivity index (χ2n) is 13.6. The molecule has 3 N–H and O–H groups in total. The fraction of sp³-hybridized carbons (Fsp3) is 0.327. The molecule has 0 atom stereocenters. The third-order valence-corrected chi connectivity index (χ3v) is 11.5. The third-order valence-electron chi connectivity index (χ3n) is 9.52.